The summed E-state index contributed by atoms with van der Waals surface area (Å²) in [6.07, 6.45) is 2.05. The van der Waals surface area contributed by atoms with Crippen molar-refractivity contribution in [1.29, 1.82) is 0 Å². The van der Waals surface area contributed by atoms with Crippen molar-refractivity contribution in [2.24, 2.45) is 0 Å². The van der Waals surface area contributed by atoms with Crippen LogP contribution in [-0.4, -0.2) is 47.5 Å². The van der Waals surface area contributed by atoms with Crippen molar-refractivity contribution in [3.8, 4) is 0 Å². The molecular weight excluding hydrogens is 278 g/mol. The number of nitrogens with one attached hydrogen (secondary N) is 1. The van der Waals surface area contributed by atoms with E-state index in [0.29, 0.717) is 18.7 Å². The van der Waals surface area contributed by atoms with Crippen LogP contribution in [0.5, 0.6) is 0 Å². The number of carbonyl (C=O) groups excluding carboxylic acids is 3. The smallest absolute Gasteiger partial charge is 0.328 e. The SMILES string of the molecule is COC(=O)[C@H]1CCCCN1C(=O)C(=O)Nc1cc(C)on1. The molecule has 8 nitrogen and oxygen atoms in total. The molecule has 2 amide bonds. The Kier molecular flexibility index (Phi) is 4.56. The largest absolute Gasteiger partial charge is 0.467 e. The molecule has 1 aromatic rings. The fourth-order valence-electron chi connectivity index (χ4n) is 2.28. The number of aryl methyl sites for hydroxylation is 1. The first-order chi connectivity index (χ1) is 10.0. The van der Waals surface area contributed by atoms with E-state index in [4.69, 9.17) is 4.52 Å². The predicted octanol–water partition coefficient (Wildman–Crippen LogP) is 0.476. The fourth-order valence-corrected chi connectivity index (χ4v) is 2.28. The van der Waals surface area contributed by atoms with Gasteiger partial charge in [-0.2, -0.15) is 0 Å². The van der Waals surface area contributed by atoms with Crippen molar-refractivity contribution < 1.29 is 23.6 Å². The zero-order valence-corrected chi connectivity index (χ0v) is 11.9. The van der Waals surface area contributed by atoms with Gasteiger partial charge in [0.05, 0.1) is 7.11 Å². The maximum atomic E-state index is 12.2. The van der Waals surface area contributed by atoms with Crippen LogP contribution in [-0.2, 0) is 19.1 Å². The number of methoxy groups -OCH3 is 1. The van der Waals surface area contributed by atoms with Gasteiger partial charge in [-0.25, -0.2) is 4.79 Å². The molecule has 0 radical (unpaired) electrons. The minimum atomic E-state index is -0.848. The number of carbonyl (C=O) groups is 3. The third-order valence-electron chi connectivity index (χ3n) is 3.30. The van der Waals surface area contributed by atoms with Gasteiger partial charge in [-0.3, -0.25) is 14.9 Å². The molecule has 21 heavy (non-hydrogen) atoms. The molecule has 1 aliphatic heterocycles. The summed E-state index contributed by atoms with van der Waals surface area (Å²) in [7, 11) is 1.26. The van der Waals surface area contributed by atoms with Crippen LogP contribution in [0.4, 0.5) is 5.82 Å². The number of hydrogen-bond donors (Lipinski definition) is 1. The highest BCUT2D eigenvalue weighted by atomic mass is 16.5. The van der Waals surface area contributed by atoms with Gasteiger partial charge in [-0.1, -0.05) is 5.16 Å². The van der Waals surface area contributed by atoms with Crippen molar-refractivity contribution >= 4 is 23.6 Å². The van der Waals surface area contributed by atoms with Crippen LogP contribution in [0.1, 0.15) is 25.0 Å². The Balaban J connectivity index is 2.05. The number of amides is 2. The topological polar surface area (TPSA) is 102 Å². The third-order valence-corrected chi connectivity index (χ3v) is 3.30. The quantitative estimate of drug-likeness (QED) is 0.629. The molecule has 1 aliphatic rings. The Morgan fingerprint density at radius 2 is 2.19 bits per heavy atom. The second-order valence-electron chi connectivity index (χ2n) is 4.81. The van der Waals surface area contributed by atoms with E-state index >= 15 is 0 Å². The first-order valence-corrected chi connectivity index (χ1v) is 6.66. The number of esters is 1. The summed E-state index contributed by atoms with van der Waals surface area (Å²) in [6.45, 7) is 2.02. The van der Waals surface area contributed by atoms with Gasteiger partial charge in [0.1, 0.15) is 11.8 Å². The molecule has 2 heterocycles. The molecule has 2 rings (SSSR count). The normalized spacial score (nSPS) is 18.2. The lowest BCUT2D eigenvalue weighted by molar-refractivity contribution is -0.156. The van der Waals surface area contributed by atoms with E-state index in [1.807, 2.05) is 0 Å². The van der Waals surface area contributed by atoms with Crippen LogP contribution >= 0.6 is 0 Å². The zero-order chi connectivity index (χ0) is 15.4. The average molecular weight is 295 g/mol. The average Bonchev–Trinajstić information content (AvgIpc) is 2.90. The Bertz CT molecular complexity index is 554. The lowest BCUT2D eigenvalue weighted by atomic mass is 10.0. The summed E-state index contributed by atoms with van der Waals surface area (Å²) < 4.78 is 9.48. The zero-order valence-electron chi connectivity index (χ0n) is 11.9. The highest BCUT2D eigenvalue weighted by Gasteiger charge is 2.35. The minimum absolute atomic E-state index is 0.164. The Hall–Kier alpha value is -2.38. The molecule has 1 aromatic heterocycles. The molecule has 8 heteroatoms. The molecule has 0 unspecified atom stereocenters. The summed E-state index contributed by atoms with van der Waals surface area (Å²) >= 11 is 0. The van der Waals surface area contributed by atoms with E-state index in [9.17, 15) is 14.4 Å². The molecule has 1 fully saturated rings. The summed E-state index contributed by atoms with van der Waals surface area (Å²) in [5.74, 6) is -1.45. The molecule has 114 valence electrons. The highest BCUT2D eigenvalue weighted by Crippen LogP contribution is 2.19. The van der Waals surface area contributed by atoms with Crippen molar-refractivity contribution in [2.45, 2.75) is 32.2 Å². The molecule has 0 saturated carbocycles. The van der Waals surface area contributed by atoms with Gasteiger partial charge in [-0.15, -0.1) is 0 Å². The first-order valence-electron chi connectivity index (χ1n) is 6.66. The molecule has 0 aromatic carbocycles. The molecule has 0 aliphatic carbocycles. The summed E-state index contributed by atoms with van der Waals surface area (Å²) in [4.78, 5) is 37.1. The highest BCUT2D eigenvalue weighted by molar-refractivity contribution is 6.39. The lowest BCUT2D eigenvalue weighted by Crippen LogP contribution is -2.52. The second kappa shape index (κ2) is 6.38. The van der Waals surface area contributed by atoms with Crippen molar-refractivity contribution in [3.63, 3.8) is 0 Å². The van der Waals surface area contributed by atoms with Crippen molar-refractivity contribution in [1.82, 2.24) is 10.1 Å². The van der Waals surface area contributed by atoms with Gasteiger partial charge in [0.15, 0.2) is 5.82 Å². The van der Waals surface area contributed by atoms with Crippen LogP contribution in [0.3, 0.4) is 0 Å². The monoisotopic (exact) mass is 295 g/mol. The molecule has 0 spiro atoms. The van der Waals surface area contributed by atoms with Gasteiger partial charge < -0.3 is 14.2 Å². The van der Waals surface area contributed by atoms with Gasteiger partial charge >= 0.3 is 17.8 Å². The summed E-state index contributed by atoms with van der Waals surface area (Å²) in [5.41, 5.74) is 0. The fraction of sp³-hybridized carbons (Fsp3) is 0.538. The second-order valence-corrected chi connectivity index (χ2v) is 4.81. The third kappa shape index (κ3) is 3.39. The standard InChI is InChI=1S/C13H17N3O5/c1-8-7-10(15-21-8)14-11(17)12(18)16-6-4-3-5-9(16)13(19)20-2/h7,9H,3-6H2,1-2H3,(H,14,15,17)/t9-/m1/s1. The Morgan fingerprint density at radius 1 is 1.43 bits per heavy atom. The maximum absolute atomic E-state index is 12.2. The van der Waals surface area contributed by atoms with Crippen LogP contribution in [0, 0.1) is 6.92 Å². The maximum Gasteiger partial charge on any atom is 0.328 e. The van der Waals surface area contributed by atoms with E-state index in [2.05, 4.69) is 15.2 Å². The summed E-state index contributed by atoms with van der Waals surface area (Å²) in [6, 6.07) is 0.792. The number of rotatable bonds is 2. The number of hydrogen-bond acceptors (Lipinski definition) is 6. The number of piperidine rings is 1. The van der Waals surface area contributed by atoms with E-state index in [0.717, 1.165) is 12.8 Å². The number of ether oxygens (including phenoxy) is 1. The van der Waals surface area contributed by atoms with Gasteiger partial charge in [0.2, 0.25) is 0 Å². The van der Waals surface area contributed by atoms with Crippen LogP contribution < -0.4 is 5.32 Å². The molecular formula is C13H17N3O5. The van der Waals surface area contributed by atoms with Crippen molar-refractivity contribution in [3.05, 3.63) is 11.8 Å². The predicted molar refractivity (Wildman–Crippen MR) is 71.2 cm³/mol. The molecule has 0 bridgehead atoms. The molecule has 1 atom stereocenters. The van der Waals surface area contributed by atoms with Gasteiger partial charge in [0, 0.05) is 12.6 Å². The van der Waals surface area contributed by atoms with E-state index < -0.39 is 23.8 Å². The number of likely N-dealkylation sites (tertiary alicyclic amines) is 1. The van der Waals surface area contributed by atoms with Crippen LogP contribution in [0.15, 0.2) is 10.6 Å². The minimum Gasteiger partial charge on any atom is -0.467 e. The van der Waals surface area contributed by atoms with Gasteiger partial charge in [0.25, 0.3) is 0 Å². The van der Waals surface area contributed by atoms with E-state index in [1.54, 1.807) is 6.92 Å². The summed E-state index contributed by atoms with van der Waals surface area (Å²) in [5, 5.41) is 5.93. The van der Waals surface area contributed by atoms with E-state index in [-0.39, 0.29) is 5.82 Å². The first kappa shape index (κ1) is 15.0. The number of anilines is 1. The molecule has 1 saturated heterocycles. The lowest BCUT2D eigenvalue weighted by Gasteiger charge is -2.32. The van der Waals surface area contributed by atoms with E-state index in [1.165, 1.54) is 18.1 Å². The molecule has 1 N–H and O–H groups in total. The van der Waals surface area contributed by atoms with Crippen molar-refractivity contribution in [2.75, 3.05) is 19.0 Å². The van der Waals surface area contributed by atoms with Gasteiger partial charge in [-0.05, 0) is 26.2 Å². The van der Waals surface area contributed by atoms with Crippen LogP contribution in [0.25, 0.3) is 0 Å². The number of nitrogens with zero attached hydrogens (tertiary/aromatic N) is 2. The Labute approximate surface area is 121 Å². The van der Waals surface area contributed by atoms with Crippen LogP contribution in [0.2, 0.25) is 0 Å². The Morgan fingerprint density at radius 3 is 2.81 bits per heavy atom. The number of aromatic nitrogens is 1.